The van der Waals surface area contributed by atoms with Crippen molar-refractivity contribution in [3.05, 3.63) is 75.2 Å². The number of aromatic nitrogens is 5. The number of esters is 1. The zero-order valence-electron chi connectivity index (χ0n) is 18.1. The fraction of sp³-hybridized carbons (Fsp3) is 0.130. The van der Waals surface area contributed by atoms with Crippen molar-refractivity contribution >= 4 is 39.5 Å². The van der Waals surface area contributed by atoms with E-state index < -0.39 is 23.3 Å². The van der Waals surface area contributed by atoms with Crippen LogP contribution >= 0.6 is 11.6 Å². The van der Waals surface area contributed by atoms with E-state index in [1.165, 1.54) is 53.0 Å². The zero-order chi connectivity index (χ0) is 25.1. The second-order valence-electron chi connectivity index (χ2n) is 7.70. The van der Waals surface area contributed by atoms with Crippen LogP contribution in [-0.2, 0) is 18.0 Å². The molecule has 0 spiro atoms. The maximum atomic E-state index is 13.5. The average molecular weight is 502 g/mol. The fourth-order valence-electron chi connectivity index (χ4n) is 3.91. The number of pyridine rings is 1. The maximum Gasteiger partial charge on any atom is 0.416 e. The summed E-state index contributed by atoms with van der Waals surface area (Å²) in [4.78, 5) is 29.9. The molecular formula is C23H15ClF3N5O3. The van der Waals surface area contributed by atoms with Gasteiger partial charge < -0.3 is 4.74 Å². The van der Waals surface area contributed by atoms with Crippen LogP contribution in [0.5, 0.6) is 0 Å². The van der Waals surface area contributed by atoms with E-state index >= 15 is 0 Å². The number of halogens is 4. The van der Waals surface area contributed by atoms with Gasteiger partial charge in [-0.05, 0) is 30.3 Å². The van der Waals surface area contributed by atoms with Crippen molar-refractivity contribution in [2.45, 2.75) is 6.18 Å². The van der Waals surface area contributed by atoms with Gasteiger partial charge in [-0.25, -0.2) is 14.5 Å². The first-order valence-electron chi connectivity index (χ1n) is 10.1. The largest absolute Gasteiger partial charge is 0.465 e. The van der Waals surface area contributed by atoms with Crippen LogP contribution in [0.15, 0.2) is 53.5 Å². The van der Waals surface area contributed by atoms with Crippen LogP contribution in [-0.4, -0.2) is 37.6 Å². The van der Waals surface area contributed by atoms with Gasteiger partial charge in [0.2, 0.25) is 0 Å². The third-order valence-corrected chi connectivity index (χ3v) is 5.91. The molecule has 0 amide bonds. The van der Waals surface area contributed by atoms with Gasteiger partial charge in [0.15, 0.2) is 5.65 Å². The molecule has 5 rings (SSSR count). The first kappa shape index (κ1) is 22.7. The number of hydrogen-bond donors (Lipinski definition) is 1. The number of benzene rings is 2. The van der Waals surface area contributed by atoms with Gasteiger partial charge in [-0.2, -0.15) is 18.3 Å². The average Bonchev–Trinajstić information content (AvgIpc) is 3.37. The number of nitrogens with zero attached hydrogens (tertiary/aromatic N) is 4. The molecule has 8 nitrogen and oxygen atoms in total. The van der Waals surface area contributed by atoms with Gasteiger partial charge in [-0.3, -0.25) is 14.6 Å². The van der Waals surface area contributed by atoms with Gasteiger partial charge >= 0.3 is 12.1 Å². The quantitative estimate of drug-likeness (QED) is 0.361. The molecule has 0 fully saturated rings. The Morgan fingerprint density at radius 2 is 1.94 bits per heavy atom. The molecular weight excluding hydrogens is 487 g/mol. The molecule has 5 aromatic rings. The summed E-state index contributed by atoms with van der Waals surface area (Å²) in [5.74, 6) is -0.640. The number of ether oxygens (including phenoxy) is 1. The van der Waals surface area contributed by atoms with Crippen molar-refractivity contribution in [3.8, 4) is 16.9 Å². The molecule has 0 unspecified atom stereocenters. The lowest BCUT2D eigenvalue weighted by atomic mass is 10.0. The Kier molecular flexibility index (Phi) is 5.17. The molecule has 0 aliphatic heterocycles. The second kappa shape index (κ2) is 7.98. The predicted octanol–water partition coefficient (Wildman–Crippen LogP) is 4.73. The van der Waals surface area contributed by atoms with Crippen molar-refractivity contribution in [2.75, 3.05) is 7.11 Å². The van der Waals surface area contributed by atoms with Gasteiger partial charge in [0.25, 0.3) is 5.56 Å². The molecule has 2 aromatic carbocycles. The number of alkyl halides is 3. The van der Waals surface area contributed by atoms with Crippen LogP contribution in [0.25, 0.3) is 38.9 Å². The zero-order valence-corrected chi connectivity index (χ0v) is 18.9. The number of methoxy groups -OCH3 is 1. The Balaban J connectivity index is 1.81. The third-order valence-electron chi connectivity index (χ3n) is 5.60. The topological polar surface area (TPSA) is 94.8 Å². The molecule has 0 aliphatic carbocycles. The van der Waals surface area contributed by atoms with Gasteiger partial charge in [0.05, 0.1) is 57.1 Å². The van der Waals surface area contributed by atoms with E-state index in [1.807, 2.05) is 0 Å². The van der Waals surface area contributed by atoms with Crippen molar-refractivity contribution in [1.29, 1.82) is 0 Å². The lowest BCUT2D eigenvalue weighted by Crippen LogP contribution is -2.15. The molecule has 0 saturated carbocycles. The van der Waals surface area contributed by atoms with Crippen LogP contribution in [0.3, 0.4) is 0 Å². The molecule has 0 bridgehead atoms. The van der Waals surface area contributed by atoms with E-state index in [2.05, 4.69) is 19.9 Å². The minimum atomic E-state index is -4.57. The predicted molar refractivity (Wildman–Crippen MR) is 123 cm³/mol. The minimum Gasteiger partial charge on any atom is -0.465 e. The summed E-state index contributed by atoms with van der Waals surface area (Å²) in [6, 6.07) is 8.92. The molecule has 0 atom stereocenters. The van der Waals surface area contributed by atoms with Crippen LogP contribution < -0.4 is 5.56 Å². The Morgan fingerprint density at radius 1 is 1.17 bits per heavy atom. The summed E-state index contributed by atoms with van der Waals surface area (Å²) in [7, 11) is 2.85. The van der Waals surface area contributed by atoms with E-state index in [1.54, 1.807) is 7.05 Å². The molecule has 0 aliphatic rings. The molecule has 0 saturated heterocycles. The van der Waals surface area contributed by atoms with Crippen LogP contribution in [0, 0.1) is 0 Å². The SMILES string of the molecule is COC(=O)c1ccc(-n2[nH]c3c(c(-c4cccc(C(F)(F)F)c4)nc4c3cnn4C)c2=O)cc1Cl. The summed E-state index contributed by atoms with van der Waals surface area (Å²) >= 11 is 6.23. The highest BCUT2D eigenvalue weighted by atomic mass is 35.5. The number of hydrogen-bond acceptors (Lipinski definition) is 5. The van der Waals surface area contributed by atoms with Crippen molar-refractivity contribution in [2.24, 2.45) is 7.05 Å². The standard InChI is InChI=1S/C23H15ClF3N5O3/c1-31-20-15(10-28-31)19-17(18(29-20)11-4-3-5-12(8-11)23(25,26)27)21(33)32(30-19)13-6-7-14(16(24)9-13)22(34)35-2/h3-10,30H,1-2H3. The normalized spacial score (nSPS) is 11.9. The van der Waals surface area contributed by atoms with E-state index in [-0.39, 0.29) is 27.2 Å². The van der Waals surface area contributed by atoms with Crippen molar-refractivity contribution in [3.63, 3.8) is 0 Å². The number of H-pyrrole nitrogens is 1. The molecule has 3 aromatic heterocycles. The van der Waals surface area contributed by atoms with Crippen LogP contribution in [0.1, 0.15) is 15.9 Å². The molecule has 178 valence electrons. The monoisotopic (exact) mass is 501 g/mol. The molecule has 3 heterocycles. The summed E-state index contributed by atoms with van der Waals surface area (Å²) < 4.78 is 47.4. The number of aromatic amines is 1. The van der Waals surface area contributed by atoms with Crippen molar-refractivity contribution < 1.29 is 22.7 Å². The molecule has 1 N–H and O–H groups in total. The first-order chi connectivity index (χ1) is 16.6. The smallest absolute Gasteiger partial charge is 0.416 e. The van der Waals surface area contributed by atoms with Crippen LogP contribution in [0.4, 0.5) is 13.2 Å². The van der Waals surface area contributed by atoms with E-state index in [0.717, 1.165) is 12.1 Å². The maximum absolute atomic E-state index is 13.5. The minimum absolute atomic E-state index is 0.0580. The second-order valence-corrected chi connectivity index (χ2v) is 8.11. The highest BCUT2D eigenvalue weighted by molar-refractivity contribution is 6.33. The molecule has 35 heavy (non-hydrogen) atoms. The van der Waals surface area contributed by atoms with Gasteiger partial charge in [0, 0.05) is 12.6 Å². The van der Waals surface area contributed by atoms with Gasteiger partial charge in [-0.1, -0.05) is 23.7 Å². The summed E-state index contributed by atoms with van der Waals surface area (Å²) in [5.41, 5.74) is -0.108. The lowest BCUT2D eigenvalue weighted by Gasteiger charge is -2.09. The summed E-state index contributed by atoms with van der Waals surface area (Å²) in [6.45, 7) is 0. The van der Waals surface area contributed by atoms with E-state index in [0.29, 0.717) is 22.2 Å². The number of carbonyl (C=O) groups is 1. The number of fused-ring (bicyclic) bond motifs is 3. The summed E-state index contributed by atoms with van der Waals surface area (Å²) in [5, 5.41) is 7.81. The van der Waals surface area contributed by atoms with Gasteiger partial charge in [-0.15, -0.1) is 0 Å². The summed E-state index contributed by atoms with van der Waals surface area (Å²) in [6.07, 6.45) is -3.06. The Hall–Kier alpha value is -4.12. The van der Waals surface area contributed by atoms with Gasteiger partial charge in [0.1, 0.15) is 0 Å². The van der Waals surface area contributed by atoms with E-state index in [4.69, 9.17) is 11.6 Å². The fourth-order valence-corrected chi connectivity index (χ4v) is 4.16. The highest BCUT2D eigenvalue weighted by Gasteiger charge is 2.31. The van der Waals surface area contributed by atoms with Crippen molar-refractivity contribution in [1.82, 2.24) is 24.5 Å². The Morgan fingerprint density at radius 3 is 2.63 bits per heavy atom. The van der Waals surface area contributed by atoms with E-state index in [9.17, 15) is 22.8 Å². The Bertz CT molecular complexity index is 1700. The number of aryl methyl sites for hydroxylation is 1. The number of carbonyl (C=O) groups excluding carboxylic acids is 1. The number of nitrogens with one attached hydrogen (secondary N) is 1. The lowest BCUT2D eigenvalue weighted by molar-refractivity contribution is -0.137. The Labute approximate surface area is 199 Å². The van der Waals surface area contributed by atoms with Crippen LogP contribution in [0.2, 0.25) is 5.02 Å². The highest BCUT2D eigenvalue weighted by Crippen LogP contribution is 2.35. The first-order valence-corrected chi connectivity index (χ1v) is 10.5. The molecule has 0 radical (unpaired) electrons. The number of rotatable bonds is 3. The third kappa shape index (κ3) is 3.64. The molecule has 12 heteroatoms.